The van der Waals surface area contributed by atoms with Crippen LogP contribution in [-0.4, -0.2) is 75.3 Å². The van der Waals surface area contributed by atoms with E-state index in [0.29, 0.717) is 12.8 Å². The first-order chi connectivity index (χ1) is 16.9. The topological polar surface area (TPSA) is 129 Å². The lowest BCUT2D eigenvalue weighted by Gasteiger charge is -2.64. The average molecular weight is 503 g/mol. The van der Waals surface area contributed by atoms with Gasteiger partial charge in [0.2, 0.25) is 0 Å². The fraction of sp³-hybridized carbons (Fsp3) is 0.889. The first-order valence-electron chi connectivity index (χ1n) is 13.6. The number of Topliss-reactive ketones (excluding diaryl/α,β-unsaturated/α-hetero) is 2. The number of carbonyl (C=O) groups is 3. The van der Waals surface area contributed by atoms with Gasteiger partial charge in [0.05, 0.1) is 29.1 Å². The van der Waals surface area contributed by atoms with Gasteiger partial charge in [-0.15, -0.1) is 0 Å². The van der Waals surface area contributed by atoms with Crippen molar-refractivity contribution in [2.24, 2.45) is 46.8 Å². The molecule has 4 heterocycles. The smallest absolute Gasteiger partial charge is 0.309 e. The summed E-state index contributed by atoms with van der Waals surface area (Å²) in [6, 6.07) is 0. The molecule has 0 radical (unpaired) electrons. The van der Waals surface area contributed by atoms with E-state index < -0.39 is 46.8 Å². The predicted molar refractivity (Wildman–Crippen MR) is 119 cm³/mol. The van der Waals surface area contributed by atoms with Crippen LogP contribution in [0.15, 0.2) is 0 Å². The van der Waals surface area contributed by atoms with Gasteiger partial charge in [0.1, 0.15) is 24.1 Å². The number of aliphatic hydroxyl groups is 2. The fourth-order valence-corrected chi connectivity index (χ4v) is 10.5. The van der Waals surface area contributed by atoms with Gasteiger partial charge >= 0.3 is 5.97 Å². The van der Waals surface area contributed by atoms with Gasteiger partial charge in [-0.25, -0.2) is 0 Å². The fourth-order valence-electron chi connectivity index (χ4n) is 10.5. The molecule has 6 bridgehead atoms. The lowest BCUT2D eigenvalue weighted by molar-refractivity contribution is -0.369. The van der Waals surface area contributed by atoms with Gasteiger partial charge in [0.15, 0.2) is 17.2 Å². The average Bonchev–Trinajstić information content (AvgIpc) is 3.48. The standard InChI is InChI=1S/C27H34O9/c1-9-10(2)23(30)34-20(9)22-25(4,31)19-14-5-12-11-6-17-27(32)21(29)15(33-17)7-16(28)24(27,3)13(11)8-26(35-14,36-22)18(12)19/h9-15,17-20,22,31-32H,5-8H2,1-4H3/t9-,10-,11+,12+,13+,14+,15-,17+,18-,19+,20-,22-,24+,25-,26+,27+/m1/s1. The molecule has 4 aliphatic heterocycles. The maximum atomic E-state index is 13.6. The van der Waals surface area contributed by atoms with Crippen LogP contribution in [0.3, 0.4) is 0 Å². The van der Waals surface area contributed by atoms with Crippen molar-refractivity contribution in [3.8, 4) is 0 Å². The van der Waals surface area contributed by atoms with Gasteiger partial charge in [-0.3, -0.25) is 14.4 Å². The number of ketones is 2. The van der Waals surface area contributed by atoms with Gasteiger partial charge in [-0.2, -0.15) is 0 Å². The lowest BCUT2D eigenvalue weighted by Crippen LogP contribution is -2.74. The maximum Gasteiger partial charge on any atom is 0.309 e. The van der Waals surface area contributed by atoms with Crippen LogP contribution in [0.5, 0.6) is 0 Å². The van der Waals surface area contributed by atoms with E-state index in [1.165, 1.54) is 0 Å². The van der Waals surface area contributed by atoms with Crippen molar-refractivity contribution in [2.75, 3.05) is 0 Å². The zero-order chi connectivity index (χ0) is 25.3. The molecule has 4 saturated heterocycles. The summed E-state index contributed by atoms with van der Waals surface area (Å²) in [6.45, 7) is 7.32. The quantitative estimate of drug-likeness (QED) is 0.500. The molecule has 8 rings (SSSR count). The number of hydrogen-bond acceptors (Lipinski definition) is 9. The van der Waals surface area contributed by atoms with Gasteiger partial charge in [-0.1, -0.05) is 13.8 Å². The van der Waals surface area contributed by atoms with Crippen molar-refractivity contribution < 1.29 is 43.5 Å². The van der Waals surface area contributed by atoms with E-state index in [2.05, 4.69) is 0 Å². The van der Waals surface area contributed by atoms with Crippen molar-refractivity contribution in [1.82, 2.24) is 0 Å². The lowest BCUT2D eigenvalue weighted by atomic mass is 9.43. The summed E-state index contributed by atoms with van der Waals surface area (Å²) >= 11 is 0. The van der Waals surface area contributed by atoms with Gasteiger partial charge in [-0.05, 0) is 44.4 Å². The Bertz CT molecular complexity index is 1120. The Morgan fingerprint density at radius 1 is 0.972 bits per heavy atom. The second-order valence-electron chi connectivity index (χ2n) is 13.5. The molecule has 0 aromatic heterocycles. The van der Waals surface area contributed by atoms with E-state index in [-0.39, 0.29) is 71.5 Å². The van der Waals surface area contributed by atoms with E-state index in [4.69, 9.17) is 18.9 Å². The predicted octanol–water partition coefficient (Wildman–Crippen LogP) is 0.768. The Hall–Kier alpha value is -1.39. The van der Waals surface area contributed by atoms with Gasteiger partial charge in [0.25, 0.3) is 0 Å². The minimum atomic E-state index is -1.83. The molecule has 0 unspecified atom stereocenters. The van der Waals surface area contributed by atoms with Gasteiger partial charge < -0.3 is 29.2 Å². The Labute approximate surface area is 209 Å². The van der Waals surface area contributed by atoms with Crippen molar-refractivity contribution in [2.45, 2.75) is 101 Å². The zero-order valence-corrected chi connectivity index (χ0v) is 21.0. The van der Waals surface area contributed by atoms with Crippen LogP contribution < -0.4 is 0 Å². The molecule has 4 aliphatic carbocycles. The zero-order valence-electron chi connectivity index (χ0n) is 21.0. The molecule has 36 heavy (non-hydrogen) atoms. The minimum Gasteiger partial charge on any atom is -0.459 e. The second-order valence-corrected chi connectivity index (χ2v) is 13.5. The number of carbonyl (C=O) groups excluding carboxylic acids is 3. The molecule has 8 aliphatic rings. The van der Waals surface area contributed by atoms with Crippen LogP contribution in [0.1, 0.15) is 53.4 Å². The molecule has 0 amide bonds. The van der Waals surface area contributed by atoms with Crippen LogP contribution in [-0.2, 0) is 33.3 Å². The Balaban J connectivity index is 1.23. The number of hydrogen-bond donors (Lipinski definition) is 2. The second kappa shape index (κ2) is 6.25. The summed E-state index contributed by atoms with van der Waals surface area (Å²) < 4.78 is 25.2. The van der Waals surface area contributed by atoms with Crippen LogP contribution >= 0.6 is 0 Å². The number of cyclic esters (lactones) is 1. The third-order valence-corrected chi connectivity index (χ3v) is 12.4. The monoisotopic (exact) mass is 502 g/mol. The Morgan fingerprint density at radius 3 is 2.42 bits per heavy atom. The molecule has 9 nitrogen and oxygen atoms in total. The third-order valence-electron chi connectivity index (χ3n) is 12.4. The highest BCUT2D eigenvalue weighted by Gasteiger charge is 2.83. The first kappa shape index (κ1) is 22.6. The molecular weight excluding hydrogens is 468 g/mol. The van der Waals surface area contributed by atoms with Crippen molar-refractivity contribution in [3.05, 3.63) is 0 Å². The maximum absolute atomic E-state index is 13.6. The van der Waals surface area contributed by atoms with E-state index in [0.717, 1.165) is 6.42 Å². The Kier molecular flexibility index (Phi) is 3.92. The summed E-state index contributed by atoms with van der Waals surface area (Å²) in [4.78, 5) is 39.2. The summed E-state index contributed by atoms with van der Waals surface area (Å²) in [5, 5.41) is 23.8. The summed E-state index contributed by atoms with van der Waals surface area (Å²) in [7, 11) is 0. The van der Waals surface area contributed by atoms with Crippen molar-refractivity contribution in [1.29, 1.82) is 0 Å². The summed E-state index contributed by atoms with van der Waals surface area (Å²) in [5.74, 6) is -2.64. The molecule has 0 spiro atoms. The molecule has 0 aromatic carbocycles. The number of fused-ring (bicyclic) bond motifs is 4. The SMILES string of the molecule is C[C@H]1[C@H]([C@H]2O[C@]34C[C@H]5[C@@H](C[C@@H]6O[C@@H]7CC(=O)[C@@]5(C)[C@@]6(O)C7=O)[C@@H]5C[C@H](O3)[C@@H]([C@@H]54)[C@@]2(C)O)OC(=O)[C@@H]1C. The highest BCUT2D eigenvalue weighted by atomic mass is 16.7. The molecule has 9 heteroatoms. The molecule has 4 saturated carbocycles. The van der Waals surface area contributed by atoms with Crippen LogP contribution in [0.2, 0.25) is 0 Å². The number of rotatable bonds is 1. The van der Waals surface area contributed by atoms with Crippen molar-refractivity contribution in [3.63, 3.8) is 0 Å². The van der Waals surface area contributed by atoms with Crippen LogP contribution in [0.4, 0.5) is 0 Å². The normalized spacial score (nSPS) is 66.1. The van der Waals surface area contributed by atoms with Gasteiger partial charge in [0, 0.05) is 30.6 Å². The molecule has 0 aromatic rings. The molecular formula is C27H34O9. The van der Waals surface area contributed by atoms with Crippen LogP contribution in [0, 0.1) is 46.8 Å². The molecule has 196 valence electrons. The highest BCUT2D eigenvalue weighted by molar-refractivity contribution is 6.08. The largest absolute Gasteiger partial charge is 0.459 e. The summed E-state index contributed by atoms with van der Waals surface area (Å²) in [6.07, 6.45) is -1.50. The van der Waals surface area contributed by atoms with Crippen LogP contribution in [0.25, 0.3) is 0 Å². The number of esters is 1. The van der Waals surface area contributed by atoms with E-state index in [9.17, 15) is 24.6 Å². The molecule has 2 N–H and O–H groups in total. The third kappa shape index (κ3) is 2.10. The van der Waals surface area contributed by atoms with E-state index in [1.54, 1.807) is 13.8 Å². The number of ether oxygens (including phenoxy) is 4. The van der Waals surface area contributed by atoms with Crippen molar-refractivity contribution >= 4 is 17.5 Å². The minimum absolute atomic E-state index is 0.00378. The Morgan fingerprint density at radius 2 is 1.72 bits per heavy atom. The van der Waals surface area contributed by atoms with E-state index >= 15 is 0 Å². The van der Waals surface area contributed by atoms with E-state index in [1.807, 2.05) is 13.8 Å². The molecule has 16 atom stereocenters. The first-order valence-corrected chi connectivity index (χ1v) is 13.6. The highest BCUT2D eigenvalue weighted by Crippen LogP contribution is 2.74. The summed E-state index contributed by atoms with van der Waals surface area (Å²) in [5.41, 5.74) is -4.37. The molecule has 8 fully saturated rings.